The van der Waals surface area contributed by atoms with Crippen molar-refractivity contribution in [1.29, 1.82) is 0 Å². The van der Waals surface area contributed by atoms with Crippen molar-refractivity contribution in [2.24, 2.45) is 11.8 Å². The van der Waals surface area contributed by atoms with Gasteiger partial charge >= 0.3 is 0 Å². The molecule has 2 fully saturated rings. The first-order valence-electron chi connectivity index (χ1n) is 8.87. The van der Waals surface area contributed by atoms with E-state index in [0.717, 1.165) is 44.6 Å². The maximum absolute atomic E-state index is 12.7. The highest BCUT2D eigenvalue weighted by atomic mass is 35.5. The molecule has 3 rings (SSSR count). The predicted octanol–water partition coefficient (Wildman–Crippen LogP) is 1.86. The Morgan fingerprint density at radius 2 is 1.88 bits per heavy atom. The molecule has 2 heterocycles. The topological polar surface area (TPSA) is 77.5 Å². The number of carbonyl (C=O) groups is 1. The number of hydrogen-bond donors (Lipinski definition) is 3. The summed E-state index contributed by atoms with van der Waals surface area (Å²) in [6, 6.07) is 3.84. The number of carbonyl (C=O) groups excluding carboxylic acids is 1. The Hall–Kier alpha value is -1.08. The first-order chi connectivity index (χ1) is 11.5. The van der Waals surface area contributed by atoms with Crippen LogP contribution in [0, 0.1) is 11.8 Å². The van der Waals surface area contributed by atoms with Crippen molar-refractivity contribution in [1.82, 2.24) is 15.6 Å². The summed E-state index contributed by atoms with van der Waals surface area (Å²) in [4.78, 5) is 18.9. The lowest BCUT2D eigenvalue weighted by Crippen LogP contribution is -2.52. The van der Waals surface area contributed by atoms with E-state index in [1.54, 1.807) is 6.20 Å². The highest BCUT2D eigenvalue weighted by molar-refractivity contribution is 5.94. The lowest BCUT2D eigenvalue weighted by atomic mass is 9.71. The fourth-order valence-corrected chi connectivity index (χ4v) is 3.77. The minimum atomic E-state index is -0.197. The molecule has 0 aromatic carbocycles. The van der Waals surface area contributed by atoms with Crippen molar-refractivity contribution < 1.29 is 9.90 Å². The van der Waals surface area contributed by atoms with Gasteiger partial charge in [0, 0.05) is 26.3 Å². The Balaban J connectivity index is 0.00000169. The zero-order valence-corrected chi connectivity index (χ0v) is 17.0. The molecular weight excluding hydrogens is 375 g/mol. The molecule has 0 bridgehead atoms. The number of anilines is 1. The number of aliphatic hydroxyl groups excluding tert-OH is 1. The van der Waals surface area contributed by atoms with E-state index < -0.39 is 0 Å². The molecule has 3 N–H and O–H groups in total. The fraction of sp³-hybridized carbons (Fsp3) is 0.667. The van der Waals surface area contributed by atoms with Crippen LogP contribution in [0.1, 0.15) is 36.0 Å². The summed E-state index contributed by atoms with van der Waals surface area (Å²) in [7, 11) is 3.86. The fourth-order valence-electron chi connectivity index (χ4n) is 3.77. The zero-order chi connectivity index (χ0) is 17.1. The highest BCUT2D eigenvalue weighted by Crippen LogP contribution is 2.35. The molecule has 1 amide bonds. The van der Waals surface area contributed by atoms with Crippen molar-refractivity contribution in [3.63, 3.8) is 0 Å². The smallest absolute Gasteiger partial charge is 0.253 e. The second-order valence-electron chi connectivity index (χ2n) is 7.27. The Bertz CT molecular complexity index is 559. The number of nitrogens with one attached hydrogen (secondary N) is 2. The maximum Gasteiger partial charge on any atom is 0.253 e. The molecule has 1 saturated carbocycles. The average molecular weight is 405 g/mol. The van der Waals surface area contributed by atoms with Gasteiger partial charge in [-0.2, -0.15) is 0 Å². The molecule has 1 aliphatic heterocycles. The third kappa shape index (κ3) is 5.46. The molecule has 1 atom stereocenters. The van der Waals surface area contributed by atoms with Crippen molar-refractivity contribution in [3.8, 4) is 0 Å². The summed E-state index contributed by atoms with van der Waals surface area (Å²) < 4.78 is 0. The van der Waals surface area contributed by atoms with E-state index in [-0.39, 0.29) is 42.9 Å². The van der Waals surface area contributed by atoms with Crippen molar-refractivity contribution in [2.45, 2.75) is 37.8 Å². The highest BCUT2D eigenvalue weighted by Gasteiger charge is 2.39. The molecule has 6 nitrogen and oxygen atoms in total. The van der Waals surface area contributed by atoms with Crippen LogP contribution in [0.5, 0.6) is 0 Å². The Labute approximate surface area is 168 Å². The van der Waals surface area contributed by atoms with Crippen molar-refractivity contribution in [2.75, 3.05) is 32.1 Å². The molecule has 1 saturated heterocycles. The number of amides is 1. The number of halogens is 2. The predicted molar refractivity (Wildman–Crippen MR) is 109 cm³/mol. The molecule has 26 heavy (non-hydrogen) atoms. The molecule has 2 aliphatic rings. The number of hydrogen-bond acceptors (Lipinski definition) is 5. The molecule has 0 spiro atoms. The van der Waals surface area contributed by atoms with Crippen molar-refractivity contribution >= 4 is 36.5 Å². The van der Waals surface area contributed by atoms with Gasteiger partial charge in [0.05, 0.1) is 11.7 Å². The zero-order valence-electron chi connectivity index (χ0n) is 15.4. The van der Waals surface area contributed by atoms with E-state index in [4.69, 9.17) is 0 Å². The van der Waals surface area contributed by atoms with Gasteiger partial charge in [0.15, 0.2) is 0 Å². The standard InChI is InChI=1S/C18H28N4O2.2ClH/c1-22(2)16-4-3-13(11-20-16)18(24)21-17(14-9-15(23)10-14)12-5-7-19-8-6-12;;/h3-4,11-12,14-15,17,19,23H,5-10H2,1-2H3,(H,21,24);2*1H. The Morgan fingerprint density at radius 3 is 2.38 bits per heavy atom. The second kappa shape index (κ2) is 10.3. The second-order valence-corrected chi connectivity index (χ2v) is 7.27. The van der Waals surface area contributed by atoms with Crippen LogP contribution in [0.25, 0.3) is 0 Å². The third-order valence-electron chi connectivity index (χ3n) is 5.32. The van der Waals surface area contributed by atoms with Crippen LogP contribution in [0.15, 0.2) is 18.3 Å². The van der Waals surface area contributed by atoms with Crippen LogP contribution in [-0.2, 0) is 0 Å². The van der Waals surface area contributed by atoms with E-state index in [0.29, 0.717) is 17.4 Å². The molecule has 1 unspecified atom stereocenters. The quantitative estimate of drug-likeness (QED) is 0.697. The first-order valence-corrected chi connectivity index (χ1v) is 8.87. The minimum absolute atomic E-state index is 0. The SMILES string of the molecule is CN(C)c1ccc(C(=O)NC(C2CCNCC2)C2CC(O)C2)cn1.Cl.Cl. The lowest BCUT2D eigenvalue weighted by molar-refractivity contribution is 0.00918. The molecule has 0 radical (unpaired) electrons. The number of nitrogens with zero attached hydrogens (tertiary/aromatic N) is 2. The Kier molecular flexibility index (Phi) is 9.10. The van der Waals surface area contributed by atoms with Gasteiger partial charge in [-0.3, -0.25) is 4.79 Å². The monoisotopic (exact) mass is 404 g/mol. The van der Waals surface area contributed by atoms with Crippen molar-refractivity contribution in [3.05, 3.63) is 23.9 Å². The summed E-state index contributed by atoms with van der Waals surface area (Å²) >= 11 is 0. The largest absolute Gasteiger partial charge is 0.393 e. The van der Waals surface area contributed by atoms with Gasteiger partial charge < -0.3 is 20.6 Å². The summed E-state index contributed by atoms with van der Waals surface area (Å²) in [6.07, 6.45) is 5.20. The van der Waals surface area contributed by atoms with E-state index in [1.165, 1.54) is 0 Å². The van der Waals surface area contributed by atoms with Gasteiger partial charge in [0.1, 0.15) is 5.82 Å². The number of pyridine rings is 1. The number of aromatic nitrogens is 1. The van der Waals surface area contributed by atoms with E-state index in [1.807, 2.05) is 31.1 Å². The number of aliphatic hydroxyl groups is 1. The lowest BCUT2D eigenvalue weighted by Gasteiger charge is -2.43. The summed E-state index contributed by atoms with van der Waals surface area (Å²) in [6.45, 7) is 2.01. The van der Waals surface area contributed by atoms with Crippen LogP contribution >= 0.6 is 24.8 Å². The van der Waals surface area contributed by atoms with Gasteiger partial charge in [0.25, 0.3) is 5.91 Å². The van der Waals surface area contributed by atoms with Crippen LogP contribution in [-0.4, -0.2) is 55.3 Å². The summed E-state index contributed by atoms with van der Waals surface area (Å²) in [5, 5.41) is 16.3. The number of rotatable bonds is 5. The van der Waals surface area contributed by atoms with Gasteiger partial charge in [-0.05, 0) is 62.7 Å². The molecular formula is C18H30Cl2N4O2. The van der Waals surface area contributed by atoms with Gasteiger partial charge in [0.2, 0.25) is 0 Å². The van der Waals surface area contributed by atoms with Crippen LogP contribution in [0.2, 0.25) is 0 Å². The molecule has 1 aromatic rings. The third-order valence-corrected chi connectivity index (χ3v) is 5.32. The molecule has 148 valence electrons. The summed E-state index contributed by atoms with van der Waals surface area (Å²) in [5.74, 6) is 1.66. The van der Waals surface area contributed by atoms with E-state index >= 15 is 0 Å². The van der Waals surface area contributed by atoms with E-state index in [2.05, 4.69) is 15.6 Å². The molecule has 1 aromatic heterocycles. The maximum atomic E-state index is 12.7. The van der Waals surface area contributed by atoms with Crippen LogP contribution in [0.4, 0.5) is 5.82 Å². The van der Waals surface area contributed by atoms with Crippen LogP contribution in [0.3, 0.4) is 0 Å². The van der Waals surface area contributed by atoms with Gasteiger partial charge in [-0.25, -0.2) is 4.98 Å². The normalized spacial score (nSPS) is 23.7. The van der Waals surface area contributed by atoms with Gasteiger partial charge in [-0.1, -0.05) is 0 Å². The molecule has 1 aliphatic carbocycles. The first kappa shape index (κ1) is 23.0. The van der Waals surface area contributed by atoms with Gasteiger partial charge in [-0.15, -0.1) is 24.8 Å². The van der Waals surface area contributed by atoms with Crippen LogP contribution < -0.4 is 15.5 Å². The number of piperidine rings is 1. The minimum Gasteiger partial charge on any atom is -0.393 e. The average Bonchev–Trinajstić information content (AvgIpc) is 2.58. The van der Waals surface area contributed by atoms with E-state index in [9.17, 15) is 9.90 Å². The molecule has 8 heteroatoms. The summed E-state index contributed by atoms with van der Waals surface area (Å²) in [5.41, 5.74) is 0.597. The Morgan fingerprint density at radius 1 is 1.23 bits per heavy atom.